The molecule has 0 unspecified atom stereocenters. The summed E-state index contributed by atoms with van der Waals surface area (Å²) in [5.74, 6) is -0.723. The van der Waals surface area contributed by atoms with E-state index in [0.29, 0.717) is 30.2 Å². The average molecular weight is 514 g/mol. The van der Waals surface area contributed by atoms with Crippen molar-refractivity contribution in [2.45, 2.75) is 51.7 Å². The summed E-state index contributed by atoms with van der Waals surface area (Å²) in [6.45, 7) is 3.92. The minimum atomic E-state index is -0.573. The molecule has 4 rings (SSSR count). The number of piperidine rings is 1. The second-order valence-corrected chi connectivity index (χ2v) is 9.22. The van der Waals surface area contributed by atoms with E-state index in [4.69, 9.17) is 11.6 Å². The van der Waals surface area contributed by atoms with E-state index in [1.54, 1.807) is 23.1 Å². The maximum Gasteiger partial charge on any atom is 0.247 e. The molecular weight excluding hydrogens is 485 g/mol. The van der Waals surface area contributed by atoms with Crippen LogP contribution in [0.3, 0.4) is 0 Å². The molecule has 2 heterocycles. The van der Waals surface area contributed by atoms with Gasteiger partial charge in [-0.15, -0.1) is 5.10 Å². The van der Waals surface area contributed by atoms with Crippen molar-refractivity contribution in [3.8, 4) is 0 Å². The molecule has 0 radical (unpaired) electrons. The number of carbonyl (C=O) groups is 2. The zero-order valence-electron chi connectivity index (χ0n) is 20.1. The van der Waals surface area contributed by atoms with Crippen molar-refractivity contribution >= 4 is 34.8 Å². The molecule has 0 aliphatic carbocycles. The maximum atomic E-state index is 13.3. The molecule has 0 bridgehead atoms. The predicted molar refractivity (Wildman–Crippen MR) is 135 cm³/mol. The van der Waals surface area contributed by atoms with Gasteiger partial charge < -0.3 is 15.1 Å². The van der Waals surface area contributed by atoms with E-state index in [0.717, 1.165) is 37.1 Å². The minimum absolute atomic E-state index is 0.0153. The first-order valence-electron chi connectivity index (χ1n) is 12.0. The summed E-state index contributed by atoms with van der Waals surface area (Å²) in [7, 11) is 0. The molecule has 1 aliphatic heterocycles. The quantitative estimate of drug-likeness (QED) is 0.466. The zero-order chi connectivity index (χ0) is 25.5. The van der Waals surface area contributed by atoms with Crippen LogP contribution in [0.2, 0.25) is 5.02 Å². The first-order valence-corrected chi connectivity index (χ1v) is 12.4. The van der Waals surface area contributed by atoms with Gasteiger partial charge in [0.1, 0.15) is 24.7 Å². The molecule has 1 fully saturated rings. The lowest BCUT2D eigenvalue weighted by molar-refractivity contribution is -0.141. The van der Waals surface area contributed by atoms with Gasteiger partial charge in [0.15, 0.2) is 0 Å². The lowest BCUT2D eigenvalue weighted by Gasteiger charge is -2.34. The summed E-state index contributed by atoms with van der Waals surface area (Å²) in [5, 5.41) is 14.3. The number of anilines is 2. The number of hydrogen-bond acceptors (Lipinski definition) is 6. The van der Waals surface area contributed by atoms with E-state index in [9.17, 15) is 14.0 Å². The van der Waals surface area contributed by atoms with Gasteiger partial charge in [0, 0.05) is 25.3 Å². The predicted octanol–water partition coefficient (Wildman–Crippen LogP) is 3.90. The summed E-state index contributed by atoms with van der Waals surface area (Å²) in [5.41, 5.74) is 2.37. The monoisotopic (exact) mass is 513 g/mol. The first kappa shape index (κ1) is 25.6. The first-order chi connectivity index (χ1) is 17.4. The Labute approximate surface area is 214 Å². The van der Waals surface area contributed by atoms with Gasteiger partial charge in [-0.2, -0.15) is 0 Å². The van der Waals surface area contributed by atoms with Crippen LogP contribution < -0.4 is 10.2 Å². The van der Waals surface area contributed by atoms with Gasteiger partial charge in [-0.25, -0.2) is 9.07 Å². The minimum Gasteiger partial charge on any atom is -0.366 e. The summed E-state index contributed by atoms with van der Waals surface area (Å²) < 4.78 is 14.6. The molecule has 9 nitrogen and oxygen atoms in total. The van der Waals surface area contributed by atoms with E-state index in [-0.39, 0.29) is 24.2 Å². The fourth-order valence-corrected chi connectivity index (χ4v) is 4.72. The Balaban J connectivity index is 1.44. The molecule has 11 heteroatoms. The van der Waals surface area contributed by atoms with Crippen LogP contribution in [0.4, 0.5) is 15.8 Å². The molecule has 1 aliphatic rings. The van der Waals surface area contributed by atoms with Crippen LogP contribution in [0, 0.1) is 5.82 Å². The molecule has 0 saturated carbocycles. The van der Waals surface area contributed by atoms with Crippen LogP contribution in [-0.2, 0) is 22.7 Å². The van der Waals surface area contributed by atoms with Crippen LogP contribution >= 0.6 is 11.6 Å². The van der Waals surface area contributed by atoms with Gasteiger partial charge in [-0.1, -0.05) is 30.7 Å². The van der Waals surface area contributed by atoms with Crippen molar-refractivity contribution in [1.29, 1.82) is 0 Å². The zero-order valence-corrected chi connectivity index (χ0v) is 20.9. The van der Waals surface area contributed by atoms with Gasteiger partial charge in [-0.05, 0) is 72.0 Å². The van der Waals surface area contributed by atoms with E-state index in [1.807, 2.05) is 12.1 Å². The molecule has 1 aromatic heterocycles. The van der Waals surface area contributed by atoms with E-state index < -0.39 is 6.04 Å². The molecule has 190 valence electrons. The number of nitrogens with one attached hydrogen (secondary N) is 1. The van der Waals surface area contributed by atoms with Crippen molar-refractivity contribution < 1.29 is 14.0 Å². The molecular formula is C25H29ClFN7O2. The fourth-order valence-electron chi connectivity index (χ4n) is 4.42. The second-order valence-electron chi connectivity index (χ2n) is 8.81. The average Bonchev–Trinajstić information content (AvgIpc) is 3.38. The number of likely N-dealkylation sites (tertiary alicyclic amines) is 1. The molecule has 1 N–H and O–H groups in total. The third-order valence-electron chi connectivity index (χ3n) is 6.15. The van der Waals surface area contributed by atoms with Crippen LogP contribution in [-0.4, -0.2) is 56.1 Å². The standard InChI is InChI=1S/C25H29ClFN7O2/c1-2-12-32(15-18-6-8-19(27)9-7-18)22-11-10-20(14-21(22)26)29-25(36)23-5-3-4-13-34(23)24(35)16-33-17-28-30-31-33/h6-11,14,17,23H,2-5,12-13,15-16H2,1H3,(H,29,36)/t23-/m1/s1. The van der Waals surface area contributed by atoms with Crippen molar-refractivity contribution in [3.05, 3.63) is 65.2 Å². The largest absolute Gasteiger partial charge is 0.366 e. The van der Waals surface area contributed by atoms with Crippen LogP contribution in [0.1, 0.15) is 38.2 Å². The van der Waals surface area contributed by atoms with Gasteiger partial charge in [0.25, 0.3) is 0 Å². The Hall–Kier alpha value is -3.53. The molecule has 3 aromatic rings. The van der Waals surface area contributed by atoms with Crippen molar-refractivity contribution in [2.75, 3.05) is 23.3 Å². The highest BCUT2D eigenvalue weighted by atomic mass is 35.5. The van der Waals surface area contributed by atoms with Gasteiger partial charge in [-0.3, -0.25) is 9.59 Å². The van der Waals surface area contributed by atoms with Crippen molar-refractivity contribution in [2.24, 2.45) is 0 Å². The molecule has 36 heavy (non-hydrogen) atoms. The van der Waals surface area contributed by atoms with Crippen molar-refractivity contribution in [3.63, 3.8) is 0 Å². The Kier molecular flexibility index (Phi) is 8.48. The highest BCUT2D eigenvalue weighted by Gasteiger charge is 2.32. The van der Waals surface area contributed by atoms with E-state index in [1.165, 1.54) is 23.1 Å². The number of hydrogen-bond donors (Lipinski definition) is 1. The van der Waals surface area contributed by atoms with Crippen LogP contribution in [0.25, 0.3) is 0 Å². The Morgan fingerprint density at radius 2 is 2.00 bits per heavy atom. The number of halogens is 2. The number of tetrazole rings is 1. The number of carbonyl (C=O) groups excluding carboxylic acids is 2. The molecule has 1 saturated heterocycles. The number of benzene rings is 2. The third kappa shape index (κ3) is 6.37. The SMILES string of the molecule is CCCN(Cc1ccc(F)cc1)c1ccc(NC(=O)[C@H]2CCCCN2C(=O)Cn2cnnn2)cc1Cl. The van der Waals surface area contributed by atoms with E-state index >= 15 is 0 Å². The fraction of sp³-hybridized carbons (Fsp3) is 0.400. The molecule has 2 amide bonds. The normalized spacial score (nSPS) is 15.5. The summed E-state index contributed by atoms with van der Waals surface area (Å²) in [6, 6.07) is 11.2. The Morgan fingerprint density at radius 1 is 1.19 bits per heavy atom. The van der Waals surface area contributed by atoms with Crippen LogP contribution in [0.5, 0.6) is 0 Å². The van der Waals surface area contributed by atoms with Gasteiger partial charge in [0.05, 0.1) is 10.7 Å². The van der Waals surface area contributed by atoms with Gasteiger partial charge >= 0.3 is 0 Å². The number of amides is 2. The Bertz CT molecular complexity index is 1170. The highest BCUT2D eigenvalue weighted by molar-refractivity contribution is 6.33. The lowest BCUT2D eigenvalue weighted by Crippen LogP contribution is -2.51. The summed E-state index contributed by atoms with van der Waals surface area (Å²) in [6.07, 6.45) is 4.57. The number of nitrogens with zero attached hydrogens (tertiary/aromatic N) is 6. The lowest BCUT2D eigenvalue weighted by atomic mass is 10.0. The van der Waals surface area contributed by atoms with Crippen molar-refractivity contribution in [1.82, 2.24) is 25.1 Å². The third-order valence-corrected chi connectivity index (χ3v) is 6.45. The van der Waals surface area contributed by atoms with E-state index in [2.05, 4.69) is 32.7 Å². The topological polar surface area (TPSA) is 96.2 Å². The molecule has 0 spiro atoms. The number of aromatic nitrogens is 4. The highest BCUT2D eigenvalue weighted by Crippen LogP contribution is 2.31. The number of rotatable bonds is 9. The molecule has 1 atom stereocenters. The Morgan fingerprint density at radius 3 is 2.69 bits per heavy atom. The van der Waals surface area contributed by atoms with Gasteiger partial charge in [0.2, 0.25) is 11.8 Å². The van der Waals surface area contributed by atoms with Crippen LogP contribution in [0.15, 0.2) is 48.8 Å². The molecule has 2 aromatic carbocycles. The smallest absolute Gasteiger partial charge is 0.247 e. The second kappa shape index (κ2) is 11.9. The maximum absolute atomic E-state index is 13.3. The summed E-state index contributed by atoms with van der Waals surface area (Å²) >= 11 is 6.64. The summed E-state index contributed by atoms with van der Waals surface area (Å²) in [4.78, 5) is 29.7.